The van der Waals surface area contributed by atoms with Crippen molar-refractivity contribution < 1.29 is 0 Å². The molecule has 1 aliphatic rings. The zero-order valence-corrected chi connectivity index (χ0v) is 28.0. The normalized spacial score (nSPS) is 13.6. The van der Waals surface area contributed by atoms with Crippen LogP contribution in [0.5, 0.6) is 0 Å². The summed E-state index contributed by atoms with van der Waals surface area (Å²) in [4.78, 5) is 0. The summed E-state index contributed by atoms with van der Waals surface area (Å²) in [5.74, 6) is 0. The summed E-state index contributed by atoms with van der Waals surface area (Å²) < 4.78 is 2.44. The van der Waals surface area contributed by atoms with Gasteiger partial charge in [0.2, 0.25) is 0 Å². The van der Waals surface area contributed by atoms with Crippen molar-refractivity contribution in [2.24, 2.45) is 0 Å². The molecule has 0 saturated heterocycles. The van der Waals surface area contributed by atoms with E-state index in [-0.39, 0.29) is 5.41 Å². The van der Waals surface area contributed by atoms with Gasteiger partial charge in [-0.3, -0.25) is 0 Å². The highest BCUT2D eigenvalue weighted by atomic mass is 15.0. The van der Waals surface area contributed by atoms with Crippen molar-refractivity contribution >= 4 is 64.9 Å². The van der Waals surface area contributed by atoms with Gasteiger partial charge in [-0.1, -0.05) is 141 Å². The summed E-state index contributed by atoms with van der Waals surface area (Å²) in [6, 6.07) is 61.1. The summed E-state index contributed by atoms with van der Waals surface area (Å²) in [6.45, 7) is 4.81. The van der Waals surface area contributed by atoms with E-state index in [4.69, 9.17) is 0 Å². The molecule has 1 heterocycles. The van der Waals surface area contributed by atoms with Crippen LogP contribution >= 0.6 is 0 Å². The van der Waals surface area contributed by atoms with Gasteiger partial charge in [0.1, 0.15) is 0 Å². The topological polar surface area (TPSA) is 4.93 Å². The maximum atomic E-state index is 2.50. The molecule has 1 aliphatic carbocycles. The van der Waals surface area contributed by atoms with Crippen LogP contribution in [-0.4, -0.2) is 4.57 Å². The third-order valence-electron chi connectivity index (χ3n) is 11.5. The second-order valence-corrected chi connectivity index (χ2v) is 14.5. The fraction of sp³-hybridized carbons (Fsp3) is 0.0612. The summed E-state index contributed by atoms with van der Waals surface area (Å²) in [5.41, 5.74) is 11.5. The van der Waals surface area contributed by atoms with Gasteiger partial charge in [-0.15, -0.1) is 0 Å². The molecule has 234 valence electrons. The molecule has 1 aromatic heterocycles. The van der Waals surface area contributed by atoms with Crippen LogP contribution in [0.3, 0.4) is 0 Å². The number of aromatic nitrogens is 1. The molecule has 0 atom stereocenters. The Morgan fingerprint density at radius 3 is 1.58 bits per heavy atom. The van der Waals surface area contributed by atoms with Crippen molar-refractivity contribution in [1.29, 1.82) is 0 Å². The number of hydrogen-bond acceptors (Lipinski definition) is 0. The first-order valence-electron chi connectivity index (χ1n) is 17.6. The maximum absolute atomic E-state index is 2.50. The molecule has 9 aromatic carbocycles. The lowest BCUT2D eigenvalue weighted by atomic mass is 9.80. The smallest absolute Gasteiger partial charge is 0.0541 e. The zero-order chi connectivity index (χ0) is 33.1. The Labute approximate surface area is 290 Å². The number of benzene rings is 9. The van der Waals surface area contributed by atoms with Crippen molar-refractivity contribution in [2.75, 3.05) is 0 Å². The molecule has 0 unspecified atom stereocenters. The lowest BCUT2D eigenvalue weighted by Gasteiger charge is -2.23. The number of para-hydroxylation sites is 2. The van der Waals surface area contributed by atoms with Gasteiger partial charge in [0.25, 0.3) is 0 Å². The van der Waals surface area contributed by atoms with E-state index in [1.54, 1.807) is 0 Å². The third-order valence-corrected chi connectivity index (χ3v) is 11.5. The summed E-state index contributed by atoms with van der Waals surface area (Å²) in [5, 5.41) is 13.0. The van der Waals surface area contributed by atoms with Crippen LogP contribution in [0.25, 0.3) is 92.8 Å². The van der Waals surface area contributed by atoms with Gasteiger partial charge in [-0.2, -0.15) is 0 Å². The molecule has 1 heteroatoms. The molecule has 0 spiro atoms. The highest BCUT2D eigenvalue weighted by Crippen LogP contribution is 2.52. The van der Waals surface area contributed by atoms with Crippen molar-refractivity contribution in [2.45, 2.75) is 19.3 Å². The molecule has 10 aromatic rings. The van der Waals surface area contributed by atoms with Crippen LogP contribution in [0.15, 0.2) is 164 Å². The highest BCUT2D eigenvalue weighted by molar-refractivity contribution is 6.32. The van der Waals surface area contributed by atoms with Crippen LogP contribution < -0.4 is 0 Å². The van der Waals surface area contributed by atoms with Gasteiger partial charge >= 0.3 is 0 Å². The summed E-state index contributed by atoms with van der Waals surface area (Å²) >= 11 is 0. The molecule has 0 fully saturated rings. The second kappa shape index (κ2) is 9.94. The lowest BCUT2D eigenvalue weighted by Crippen LogP contribution is -2.15. The van der Waals surface area contributed by atoms with E-state index < -0.39 is 0 Å². The quantitative estimate of drug-likeness (QED) is 0.132. The SMILES string of the molecule is CC1(C)c2cc(-c3c4ccccc4cc4c5ccccc5c5ccccc5c34)ccc2-c2ccc(-n3c4ccccc4c4ccccc43)cc21. The Morgan fingerprint density at radius 2 is 0.900 bits per heavy atom. The predicted octanol–water partition coefficient (Wildman–Crippen LogP) is 13.4. The second-order valence-electron chi connectivity index (χ2n) is 14.5. The molecule has 0 saturated carbocycles. The molecular weight excluding hydrogens is 603 g/mol. The average molecular weight is 636 g/mol. The summed E-state index contributed by atoms with van der Waals surface area (Å²) in [7, 11) is 0. The van der Waals surface area contributed by atoms with Gasteiger partial charge in [-0.25, -0.2) is 0 Å². The molecule has 0 aliphatic heterocycles. The number of rotatable bonds is 2. The van der Waals surface area contributed by atoms with E-state index >= 15 is 0 Å². The Morgan fingerprint density at radius 1 is 0.400 bits per heavy atom. The van der Waals surface area contributed by atoms with Gasteiger partial charge < -0.3 is 4.57 Å². The minimum Gasteiger partial charge on any atom is -0.309 e. The fourth-order valence-electron chi connectivity index (χ4n) is 9.25. The number of nitrogens with zero attached hydrogens (tertiary/aromatic N) is 1. The summed E-state index contributed by atoms with van der Waals surface area (Å²) in [6.07, 6.45) is 0. The fourth-order valence-corrected chi connectivity index (χ4v) is 9.25. The van der Waals surface area contributed by atoms with Gasteiger partial charge in [0, 0.05) is 21.9 Å². The molecule has 0 N–H and O–H groups in total. The average Bonchev–Trinajstić information content (AvgIpc) is 3.62. The van der Waals surface area contributed by atoms with E-state index in [0.29, 0.717) is 0 Å². The monoisotopic (exact) mass is 635 g/mol. The Balaban J connectivity index is 1.16. The van der Waals surface area contributed by atoms with Crippen molar-refractivity contribution in [1.82, 2.24) is 4.57 Å². The first kappa shape index (κ1) is 27.7. The van der Waals surface area contributed by atoms with Crippen molar-refractivity contribution in [3.63, 3.8) is 0 Å². The van der Waals surface area contributed by atoms with Crippen LogP contribution in [0.1, 0.15) is 25.0 Å². The van der Waals surface area contributed by atoms with Crippen LogP contribution in [-0.2, 0) is 5.41 Å². The Kier molecular flexibility index (Phi) is 5.51. The standard InChI is InChI=1S/C49H33N/c1-49(2)43-28-31(47-33-14-4-3-13-30(33)27-42-36-17-6-5-15-34(36)35-16-7-8-20-41(35)48(42)47)23-25-37(43)38-26-24-32(29-44(38)49)50-45-21-11-9-18-39(45)40-19-10-12-22-46(40)50/h3-29H,1-2H3. The molecule has 1 nitrogen and oxygen atoms in total. The molecule has 50 heavy (non-hydrogen) atoms. The van der Waals surface area contributed by atoms with Crippen LogP contribution in [0.2, 0.25) is 0 Å². The largest absolute Gasteiger partial charge is 0.309 e. The highest BCUT2D eigenvalue weighted by Gasteiger charge is 2.36. The molecule has 0 bridgehead atoms. The van der Waals surface area contributed by atoms with Crippen molar-refractivity contribution in [3.8, 4) is 27.9 Å². The predicted molar refractivity (Wildman–Crippen MR) is 214 cm³/mol. The third kappa shape index (κ3) is 3.62. The number of fused-ring (bicyclic) bond motifs is 13. The Bertz CT molecular complexity index is 3010. The van der Waals surface area contributed by atoms with Crippen LogP contribution in [0.4, 0.5) is 0 Å². The molecule has 0 radical (unpaired) electrons. The van der Waals surface area contributed by atoms with Gasteiger partial charge in [0.05, 0.1) is 11.0 Å². The number of hydrogen-bond donors (Lipinski definition) is 0. The van der Waals surface area contributed by atoms with E-state index in [2.05, 4.69) is 182 Å². The maximum Gasteiger partial charge on any atom is 0.0541 e. The van der Waals surface area contributed by atoms with Crippen LogP contribution in [0, 0.1) is 0 Å². The minimum atomic E-state index is -0.176. The Hall–Kier alpha value is -6.18. The minimum absolute atomic E-state index is 0.176. The van der Waals surface area contributed by atoms with E-state index in [0.717, 1.165) is 0 Å². The van der Waals surface area contributed by atoms with E-state index in [1.807, 2.05) is 0 Å². The van der Waals surface area contributed by atoms with Gasteiger partial charge in [0.15, 0.2) is 0 Å². The molecule has 11 rings (SSSR count). The molecular formula is C49H33N. The zero-order valence-electron chi connectivity index (χ0n) is 28.0. The van der Waals surface area contributed by atoms with Gasteiger partial charge in [-0.05, 0) is 113 Å². The first-order chi connectivity index (χ1) is 24.6. The van der Waals surface area contributed by atoms with E-state index in [1.165, 1.54) is 104 Å². The van der Waals surface area contributed by atoms with E-state index in [9.17, 15) is 0 Å². The molecule has 0 amide bonds. The lowest BCUT2D eigenvalue weighted by molar-refractivity contribution is 0.660. The van der Waals surface area contributed by atoms with Crippen molar-refractivity contribution in [3.05, 3.63) is 175 Å². The first-order valence-corrected chi connectivity index (χ1v) is 17.6.